The van der Waals surface area contributed by atoms with Crippen molar-refractivity contribution in [2.24, 2.45) is 0 Å². The van der Waals surface area contributed by atoms with Crippen LogP contribution < -0.4 is 0 Å². The number of hydrogen-bond donors (Lipinski definition) is 1. The monoisotopic (exact) mass is 276 g/mol. The topological polar surface area (TPSA) is 28.4 Å². The summed E-state index contributed by atoms with van der Waals surface area (Å²) in [4.78, 5) is 2.28. The number of likely N-dealkylation sites (N-methyl/N-ethyl adjacent to an activating group) is 1. The van der Waals surface area contributed by atoms with E-state index >= 15 is 0 Å². The molecule has 0 unspecified atom stereocenters. The highest BCUT2D eigenvalue weighted by Crippen LogP contribution is 2.36. The van der Waals surface area contributed by atoms with E-state index in [0.717, 1.165) is 31.4 Å². The van der Waals surface area contributed by atoms with Gasteiger partial charge in [0.25, 0.3) is 0 Å². The zero-order valence-electron chi connectivity index (χ0n) is 12.3. The number of hydrogen-bond acceptors (Lipinski definition) is 2. The molecule has 1 aliphatic rings. The largest absolute Gasteiger partial charge is 0.508 e. The second-order valence-electron chi connectivity index (χ2n) is 6.04. The maximum atomic E-state index is 14.3. The third-order valence-electron chi connectivity index (χ3n) is 4.26. The molecule has 1 N–H and O–H groups in total. The lowest BCUT2D eigenvalue weighted by atomic mass is 9.98. The molecule has 0 spiro atoms. The second kappa shape index (κ2) is 4.77. The zero-order chi connectivity index (χ0) is 14.4. The Balaban J connectivity index is 2.34. The van der Waals surface area contributed by atoms with Crippen LogP contribution in [-0.4, -0.2) is 34.7 Å². The fourth-order valence-electron chi connectivity index (χ4n) is 3.34. The summed E-state index contributed by atoms with van der Waals surface area (Å²) in [6, 6.07) is 2.92. The summed E-state index contributed by atoms with van der Waals surface area (Å²) < 4.78 is 16.5. The van der Waals surface area contributed by atoms with Gasteiger partial charge in [-0.2, -0.15) is 0 Å². The molecule has 1 aliphatic heterocycles. The Morgan fingerprint density at radius 1 is 1.20 bits per heavy atom. The molecule has 1 aromatic heterocycles. The number of halogens is 1. The Bertz CT molecular complexity index is 660. The van der Waals surface area contributed by atoms with Crippen LogP contribution in [0, 0.1) is 5.82 Å². The van der Waals surface area contributed by atoms with Gasteiger partial charge in [0.1, 0.15) is 5.75 Å². The summed E-state index contributed by atoms with van der Waals surface area (Å²) in [6.07, 6.45) is 0.929. The van der Waals surface area contributed by atoms with E-state index in [0.29, 0.717) is 11.4 Å². The predicted octanol–water partition coefficient (Wildman–Crippen LogP) is 3.10. The Hall–Kier alpha value is -1.55. The summed E-state index contributed by atoms with van der Waals surface area (Å²) >= 11 is 0. The molecule has 0 aliphatic carbocycles. The molecule has 0 saturated heterocycles. The Morgan fingerprint density at radius 3 is 2.65 bits per heavy atom. The molecule has 20 heavy (non-hydrogen) atoms. The number of rotatable bonds is 1. The quantitative estimate of drug-likeness (QED) is 0.867. The highest BCUT2D eigenvalue weighted by Gasteiger charge is 2.24. The Kier molecular flexibility index (Phi) is 3.21. The molecule has 0 amide bonds. The summed E-state index contributed by atoms with van der Waals surface area (Å²) in [5, 5.41) is 10.6. The first-order valence-electron chi connectivity index (χ1n) is 7.21. The van der Waals surface area contributed by atoms with Gasteiger partial charge in [-0.1, -0.05) is 13.8 Å². The maximum absolute atomic E-state index is 14.3. The lowest BCUT2D eigenvalue weighted by Crippen LogP contribution is -2.21. The van der Waals surface area contributed by atoms with Crippen molar-refractivity contribution in [2.45, 2.75) is 32.7 Å². The van der Waals surface area contributed by atoms with Crippen molar-refractivity contribution in [1.82, 2.24) is 9.47 Å². The third kappa shape index (κ3) is 1.99. The van der Waals surface area contributed by atoms with Gasteiger partial charge in [-0.05, 0) is 24.6 Å². The van der Waals surface area contributed by atoms with Gasteiger partial charge in [0, 0.05) is 43.2 Å². The Morgan fingerprint density at radius 2 is 1.95 bits per heavy atom. The van der Waals surface area contributed by atoms with Gasteiger partial charge in [0.05, 0.1) is 5.52 Å². The first kappa shape index (κ1) is 13.4. The summed E-state index contributed by atoms with van der Waals surface area (Å²) in [6.45, 7) is 6.98. The average Bonchev–Trinajstić information content (AvgIpc) is 2.56. The molecule has 3 nitrogen and oxygen atoms in total. The predicted molar refractivity (Wildman–Crippen MR) is 78.9 cm³/mol. The van der Waals surface area contributed by atoms with Gasteiger partial charge in [-0.25, -0.2) is 4.39 Å². The minimum atomic E-state index is -0.322. The first-order valence-corrected chi connectivity index (χ1v) is 7.21. The van der Waals surface area contributed by atoms with Gasteiger partial charge in [0.2, 0.25) is 0 Å². The number of benzene rings is 1. The number of nitrogens with zero attached hydrogens (tertiary/aromatic N) is 2. The first-order chi connectivity index (χ1) is 9.49. The van der Waals surface area contributed by atoms with Gasteiger partial charge in [0.15, 0.2) is 5.82 Å². The lowest BCUT2D eigenvalue weighted by Gasteiger charge is -2.12. The highest BCUT2D eigenvalue weighted by molar-refractivity contribution is 5.88. The van der Waals surface area contributed by atoms with E-state index in [1.54, 1.807) is 6.07 Å². The standard InChI is InChI=1S/C16H21FN2O/c1-10(2)15-12-8-11(20)9-13(17)16(12)19-7-6-18(3)5-4-14(15)19/h8-10,20H,4-7H2,1-3H3. The van der Waals surface area contributed by atoms with Crippen LogP contribution in [0.4, 0.5) is 4.39 Å². The maximum Gasteiger partial charge on any atom is 0.151 e. The highest BCUT2D eigenvalue weighted by atomic mass is 19.1. The molecule has 0 saturated carbocycles. The fraction of sp³-hybridized carbons (Fsp3) is 0.500. The van der Waals surface area contributed by atoms with Gasteiger partial charge >= 0.3 is 0 Å². The molecule has 3 rings (SSSR count). The number of phenols is 1. The van der Waals surface area contributed by atoms with Gasteiger partial charge in [-0.15, -0.1) is 0 Å². The van der Waals surface area contributed by atoms with Crippen LogP contribution in [0.5, 0.6) is 5.75 Å². The van der Waals surface area contributed by atoms with E-state index in [9.17, 15) is 9.50 Å². The van der Waals surface area contributed by atoms with Crippen LogP contribution in [0.2, 0.25) is 0 Å². The van der Waals surface area contributed by atoms with Crippen molar-refractivity contribution < 1.29 is 9.50 Å². The summed E-state index contributed by atoms with van der Waals surface area (Å²) in [7, 11) is 2.10. The van der Waals surface area contributed by atoms with Crippen LogP contribution in [0.25, 0.3) is 10.9 Å². The molecule has 0 fully saturated rings. The third-order valence-corrected chi connectivity index (χ3v) is 4.26. The van der Waals surface area contributed by atoms with Crippen molar-refractivity contribution in [3.8, 4) is 5.75 Å². The van der Waals surface area contributed by atoms with E-state index in [1.165, 1.54) is 17.3 Å². The summed E-state index contributed by atoms with van der Waals surface area (Å²) in [5.41, 5.74) is 3.06. The van der Waals surface area contributed by atoms with E-state index in [2.05, 4.69) is 30.4 Å². The van der Waals surface area contributed by atoms with Crippen LogP contribution in [0.3, 0.4) is 0 Å². The van der Waals surface area contributed by atoms with Crippen molar-refractivity contribution in [2.75, 3.05) is 20.1 Å². The van der Waals surface area contributed by atoms with Crippen molar-refractivity contribution >= 4 is 10.9 Å². The smallest absolute Gasteiger partial charge is 0.151 e. The van der Waals surface area contributed by atoms with Gasteiger partial charge < -0.3 is 14.6 Å². The molecular formula is C16H21FN2O. The molecule has 1 aromatic carbocycles. The van der Waals surface area contributed by atoms with E-state index < -0.39 is 0 Å². The summed E-state index contributed by atoms with van der Waals surface area (Å²) in [5.74, 6) is 0.00540. The minimum absolute atomic E-state index is 0.00905. The number of aromatic nitrogens is 1. The van der Waals surface area contributed by atoms with Gasteiger partial charge in [-0.3, -0.25) is 0 Å². The molecule has 2 heterocycles. The fourth-order valence-corrected chi connectivity index (χ4v) is 3.34. The Labute approximate surface area is 118 Å². The molecule has 108 valence electrons. The number of phenolic OH excluding ortho intramolecular Hbond substituents is 1. The van der Waals surface area contributed by atoms with Crippen LogP contribution in [-0.2, 0) is 13.0 Å². The lowest BCUT2D eigenvalue weighted by molar-refractivity contribution is 0.342. The number of fused-ring (bicyclic) bond motifs is 3. The molecule has 2 aromatic rings. The van der Waals surface area contributed by atoms with Crippen molar-refractivity contribution in [3.05, 3.63) is 29.2 Å². The molecular weight excluding hydrogens is 255 g/mol. The molecule has 0 bridgehead atoms. The van der Waals surface area contributed by atoms with Crippen LogP contribution in [0.15, 0.2) is 12.1 Å². The molecule has 4 heteroatoms. The minimum Gasteiger partial charge on any atom is -0.508 e. The molecule has 0 atom stereocenters. The zero-order valence-corrected chi connectivity index (χ0v) is 12.3. The van der Waals surface area contributed by atoms with Crippen LogP contribution >= 0.6 is 0 Å². The SMILES string of the molecule is CC(C)c1c2n(c3c(F)cc(O)cc13)CCN(C)CC2. The van der Waals surface area contributed by atoms with E-state index in [4.69, 9.17) is 0 Å². The van der Waals surface area contributed by atoms with E-state index in [1.807, 2.05) is 0 Å². The second-order valence-corrected chi connectivity index (χ2v) is 6.04. The molecule has 0 radical (unpaired) electrons. The number of aromatic hydroxyl groups is 1. The van der Waals surface area contributed by atoms with Crippen LogP contribution in [0.1, 0.15) is 31.0 Å². The van der Waals surface area contributed by atoms with E-state index in [-0.39, 0.29) is 11.6 Å². The van der Waals surface area contributed by atoms with Crippen molar-refractivity contribution in [1.29, 1.82) is 0 Å². The van der Waals surface area contributed by atoms with Crippen molar-refractivity contribution in [3.63, 3.8) is 0 Å². The average molecular weight is 276 g/mol. The normalized spacial score (nSPS) is 16.6.